The molecule has 0 aromatic heterocycles. The summed E-state index contributed by atoms with van der Waals surface area (Å²) >= 11 is 0. The van der Waals surface area contributed by atoms with Gasteiger partial charge >= 0.3 is 0 Å². The first-order valence-corrected chi connectivity index (χ1v) is 9.69. The molecule has 0 bridgehead atoms. The van der Waals surface area contributed by atoms with Crippen LogP contribution in [0.25, 0.3) is 0 Å². The van der Waals surface area contributed by atoms with E-state index in [1.165, 1.54) is 5.56 Å². The standard InChI is InChI=1S/C22H31N3O3.HI/c1-4-23-22(24-14-15-28-21-12-10-20(26-3)11-13-21)25-16-18-6-8-19(9-7-18)17-27-5-2;/h6-13H,4-5,14-17H2,1-3H3,(H2,23,24,25);1H. The van der Waals surface area contributed by atoms with Crippen molar-refractivity contribution in [3.63, 3.8) is 0 Å². The van der Waals surface area contributed by atoms with Gasteiger partial charge < -0.3 is 24.8 Å². The van der Waals surface area contributed by atoms with Gasteiger partial charge in [0.2, 0.25) is 0 Å². The molecule has 2 N–H and O–H groups in total. The van der Waals surface area contributed by atoms with E-state index in [9.17, 15) is 0 Å². The Kier molecular flexibility index (Phi) is 12.9. The van der Waals surface area contributed by atoms with Gasteiger partial charge in [-0.3, -0.25) is 0 Å². The maximum absolute atomic E-state index is 5.73. The van der Waals surface area contributed by atoms with Gasteiger partial charge in [-0.25, -0.2) is 4.99 Å². The van der Waals surface area contributed by atoms with E-state index in [1.807, 2.05) is 38.1 Å². The van der Waals surface area contributed by atoms with Gasteiger partial charge in [0.1, 0.15) is 18.1 Å². The number of benzene rings is 2. The van der Waals surface area contributed by atoms with Crippen LogP contribution in [0.3, 0.4) is 0 Å². The normalized spacial score (nSPS) is 10.8. The molecule has 0 radical (unpaired) electrons. The van der Waals surface area contributed by atoms with Gasteiger partial charge in [0.25, 0.3) is 0 Å². The van der Waals surface area contributed by atoms with E-state index >= 15 is 0 Å². The van der Waals surface area contributed by atoms with Crippen LogP contribution in [-0.4, -0.2) is 39.4 Å². The molecular formula is C22H32IN3O3. The van der Waals surface area contributed by atoms with E-state index in [2.05, 4.69) is 39.9 Å². The molecule has 0 heterocycles. The van der Waals surface area contributed by atoms with Crippen molar-refractivity contribution in [2.24, 2.45) is 4.99 Å². The summed E-state index contributed by atoms with van der Waals surface area (Å²) in [5.74, 6) is 2.41. The Morgan fingerprint density at radius 3 is 2.17 bits per heavy atom. The van der Waals surface area contributed by atoms with E-state index in [-0.39, 0.29) is 24.0 Å². The lowest BCUT2D eigenvalue weighted by Crippen LogP contribution is -2.39. The molecule has 0 spiro atoms. The zero-order valence-corrected chi connectivity index (χ0v) is 19.8. The fourth-order valence-electron chi connectivity index (χ4n) is 2.48. The highest BCUT2D eigenvalue weighted by Crippen LogP contribution is 2.16. The number of hydrogen-bond donors (Lipinski definition) is 2. The number of nitrogens with one attached hydrogen (secondary N) is 2. The fraction of sp³-hybridized carbons (Fsp3) is 0.409. The summed E-state index contributed by atoms with van der Waals surface area (Å²) in [5.41, 5.74) is 2.34. The van der Waals surface area contributed by atoms with Gasteiger partial charge in [0.15, 0.2) is 5.96 Å². The van der Waals surface area contributed by atoms with Crippen molar-refractivity contribution in [2.45, 2.75) is 27.0 Å². The second-order valence-electron chi connectivity index (χ2n) is 6.10. The zero-order valence-electron chi connectivity index (χ0n) is 17.4. The monoisotopic (exact) mass is 513 g/mol. The van der Waals surface area contributed by atoms with Crippen LogP contribution in [0.1, 0.15) is 25.0 Å². The molecule has 2 aromatic carbocycles. The molecule has 0 atom stereocenters. The minimum absolute atomic E-state index is 0. The number of halogens is 1. The van der Waals surface area contributed by atoms with Crippen molar-refractivity contribution < 1.29 is 14.2 Å². The van der Waals surface area contributed by atoms with Crippen LogP contribution in [0, 0.1) is 0 Å². The lowest BCUT2D eigenvalue weighted by Gasteiger charge is -2.12. The van der Waals surface area contributed by atoms with E-state index in [0.29, 0.717) is 26.3 Å². The van der Waals surface area contributed by atoms with Crippen LogP contribution in [0.2, 0.25) is 0 Å². The largest absolute Gasteiger partial charge is 0.497 e. The molecule has 29 heavy (non-hydrogen) atoms. The molecule has 0 fully saturated rings. The lowest BCUT2D eigenvalue weighted by atomic mass is 10.1. The Morgan fingerprint density at radius 2 is 1.55 bits per heavy atom. The van der Waals surface area contributed by atoms with Crippen LogP contribution < -0.4 is 20.1 Å². The predicted molar refractivity (Wildman–Crippen MR) is 128 cm³/mol. The molecule has 6 nitrogen and oxygen atoms in total. The first-order valence-electron chi connectivity index (χ1n) is 9.69. The minimum Gasteiger partial charge on any atom is -0.497 e. The number of rotatable bonds is 11. The molecule has 0 aliphatic heterocycles. The number of aliphatic imine (C=N–C) groups is 1. The fourth-order valence-corrected chi connectivity index (χ4v) is 2.48. The predicted octanol–water partition coefficient (Wildman–Crippen LogP) is 3.98. The Hall–Kier alpha value is -2.00. The molecule has 0 amide bonds. The second kappa shape index (κ2) is 14.9. The molecule has 2 aromatic rings. The zero-order chi connectivity index (χ0) is 20.0. The van der Waals surface area contributed by atoms with Crippen molar-refractivity contribution in [2.75, 3.05) is 33.4 Å². The summed E-state index contributed by atoms with van der Waals surface area (Å²) in [6.45, 7) is 8.05. The van der Waals surface area contributed by atoms with Gasteiger partial charge in [-0.2, -0.15) is 0 Å². The maximum Gasteiger partial charge on any atom is 0.191 e. The molecular weight excluding hydrogens is 481 g/mol. The molecule has 0 unspecified atom stereocenters. The van der Waals surface area contributed by atoms with Crippen LogP contribution >= 0.6 is 24.0 Å². The van der Waals surface area contributed by atoms with Crippen LogP contribution in [0.5, 0.6) is 11.5 Å². The van der Waals surface area contributed by atoms with Gasteiger partial charge in [0.05, 0.1) is 26.8 Å². The number of methoxy groups -OCH3 is 1. The SMILES string of the molecule is CCNC(=NCc1ccc(COCC)cc1)NCCOc1ccc(OC)cc1.I. The third-order valence-electron chi connectivity index (χ3n) is 3.98. The number of guanidine groups is 1. The second-order valence-corrected chi connectivity index (χ2v) is 6.10. The summed E-state index contributed by atoms with van der Waals surface area (Å²) in [6.07, 6.45) is 0. The minimum atomic E-state index is 0. The third-order valence-corrected chi connectivity index (χ3v) is 3.98. The first kappa shape index (κ1) is 25.0. The number of hydrogen-bond acceptors (Lipinski definition) is 4. The molecule has 0 saturated carbocycles. The maximum atomic E-state index is 5.73. The quantitative estimate of drug-likeness (QED) is 0.206. The Bertz CT molecular complexity index is 706. The summed E-state index contributed by atoms with van der Waals surface area (Å²) in [4.78, 5) is 4.63. The highest BCUT2D eigenvalue weighted by Gasteiger charge is 2.00. The van der Waals surface area contributed by atoms with E-state index in [1.54, 1.807) is 7.11 Å². The van der Waals surface area contributed by atoms with Gasteiger partial charge in [-0.1, -0.05) is 24.3 Å². The Balaban J connectivity index is 0.00000420. The van der Waals surface area contributed by atoms with Gasteiger partial charge in [-0.15, -0.1) is 24.0 Å². The lowest BCUT2D eigenvalue weighted by molar-refractivity contribution is 0.134. The molecule has 160 valence electrons. The van der Waals surface area contributed by atoms with Crippen molar-refractivity contribution in [3.05, 3.63) is 59.7 Å². The molecule has 0 saturated heterocycles. The average Bonchev–Trinajstić information content (AvgIpc) is 2.74. The highest BCUT2D eigenvalue weighted by molar-refractivity contribution is 14.0. The van der Waals surface area contributed by atoms with Crippen molar-refractivity contribution in [1.29, 1.82) is 0 Å². The summed E-state index contributed by atoms with van der Waals surface area (Å²) < 4.78 is 16.3. The topological polar surface area (TPSA) is 64.1 Å². The molecule has 0 aliphatic rings. The summed E-state index contributed by atoms with van der Waals surface area (Å²) in [7, 11) is 1.65. The van der Waals surface area contributed by atoms with Crippen LogP contribution in [-0.2, 0) is 17.9 Å². The Morgan fingerprint density at radius 1 is 0.897 bits per heavy atom. The van der Waals surface area contributed by atoms with Crippen molar-refractivity contribution in [1.82, 2.24) is 10.6 Å². The van der Waals surface area contributed by atoms with Gasteiger partial charge in [-0.05, 0) is 49.2 Å². The summed E-state index contributed by atoms with van der Waals surface area (Å²) in [6, 6.07) is 15.9. The van der Waals surface area contributed by atoms with Gasteiger partial charge in [0, 0.05) is 13.2 Å². The van der Waals surface area contributed by atoms with Crippen LogP contribution in [0.15, 0.2) is 53.5 Å². The third kappa shape index (κ3) is 9.85. The molecule has 2 rings (SSSR count). The van der Waals surface area contributed by atoms with Crippen LogP contribution in [0.4, 0.5) is 0 Å². The Labute approximate surface area is 191 Å². The number of nitrogens with zero attached hydrogens (tertiary/aromatic N) is 1. The molecule has 0 aliphatic carbocycles. The summed E-state index contributed by atoms with van der Waals surface area (Å²) in [5, 5.41) is 6.54. The van der Waals surface area contributed by atoms with Crippen molar-refractivity contribution >= 4 is 29.9 Å². The van der Waals surface area contributed by atoms with E-state index in [4.69, 9.17) is 14.2 Å². The number of ether oxygens (including phenoxy) is 3. The smallest absolute Gasteiger partial charge is 0.191 e. The molecule has 7 heteroatoms. The highest BCUT2D eigenvalue weighted by atomic mass is 127. The van der Waals surface area contributed by atoms with E-state index < -0.39 is 0 Å². The van der Waals surface area contributed by atoms with Crippen molar-refractivity contribution in [3.8, 4) is 11.5 Å². The average molecular weight is 513 g/mol. The van der Waals surface area contributed by atoms with E-state index in [0.717, 1.165) is 36.2 Å². The first-order chi connectivity index (χ1) is 13.7.